The van der Waals surface area contributed by atoms with Crippen molar-refractivity contribution in [3.8, 4) is 23.0 Å². The molecule has 0 saturated carbocycles. The molecule has 3 aromatic carbocycles. The maximum absolute atomic E-state index is 14.7. The van der Waals surface area contributed by atoms with Crippen molar-refractivity contribution in [3.05, 3.63) is 87.9 Å². The van der Waals surface area contributed by atoms with Crippen molar-refractivity contribution in [1.29, 1.82) is 0 Å². The summed E-state index contributed by atoms with van der Waals surface area (Å²) in [6.07, 6.45) is 1.33. The number of para-hydroxylation sites is 1. The predicted octanol–water partition coefficient (Wildman–Crippen LogP) is 6.86. The molecule has 1 aliphatic heterocycles. The van der Waals surface area contributed by atoms with Crippen LogP contribution in [-0.2, 0) is 0 Å². The van der Waals surface area contributed by atoms with Gasteiger partial charge in [-0.3, -0.25) is 4.79 Å². The highest BCUT2D eigenvalue weighted by Gasteiger charge is 2.40. The summed E-state index contributed by atoms with van der Waals surface area (Å²) in [6, 6.07) is 12.5. The quantitative estimate of drug-likeness (QED) is 0.211. The summed E-state index contributed by atoms with van der Waals surface area (Å²) in [5.41, 5.74) is 7.76. The van der Waals surface area contributed by atoms with E-state index < -0.39 is 17.5 Å². The van der Waals surface area contributed by atoms with Crippen LogP contribution in [0.3, 0.4) is 0 Å². The minimum absolute atomic E-state index is 0.145. The fourth-order valence-electron chi connectivity index (χ4n) is 5.48. The number of aliphatic hydroxyl groups is 1. The van der Waals surface area contributed by atoms with Crippen LogP contribution >= 0.6 is 0 Å². The number of aromatic amines is 1. The van der Waals surface area contributed by atoms with Crippen LogP contribution in [0.1, 0.15) is 71.8 Å². The molecule has 5 rings (SSSR count). The van der Waals surface area contributed by atoms with Gasteiger partial charge in [0.15, 0.2) is 5.78 Å². The molecule has 0 fully saturated rings. The number of aryl methyl sites for hydroxylation is 2. The summed E-state index contributed by atoms with van der Waals surface area (Å²) in [4.78, 5) is 15.3. The van der Waals surface area contributed by atoms with E-state index in [2.05, 4.69) is 54.2 Å². The van der Waals surface area contributed by atoms with Gasteiger partial charge in [-0.05, 0) is 75.6 Å². The first-order chi connectivity index (χ1) is 17.5. The third kappa shape index (κ3) is 4.12. The van der Waals surface area contributed by atoms with Gasteiger partial charge in [-0.1, -0.05) is 37.0 Å². The first kappa shape index (κ1) is 24.8. The number of benzene rings is 3. The fourth-order valence-corrected chi connectivity index (χ4v) is 5.48. The van der Waals surface area contributed by atoms with Crippen LogP contribution in [0, 0.1) is 31.5 Å². The number of aliphatic hydroxyl groups excluding tert-OH is 1. The second-order valence-corrected chi connectivity index (χ2v) is 10.7. The van der Waals surface area contributed by atoms with Crippen molar-refractivity contribution in [2.75, 3.05) is 5.32 Å². The lowest BCUT2D eigenvalue weighted by atomic mass is 9.75. The number of H-pyrrole nitrogens is 1. The molecule has 0 aliphatic carbocycles. The van der Waals surface area contributed by atoms with Crippen molar-refractivity contribution in [3.63, 3.8) is 0 Å². The van der Waals surface area contributed by atoms with E-state index in [-0.39, 0.29) is 17.3 Å². The van der Waals surface area contributed by atoms with E-state index in [1.165, 1.54) is 25.1 Å². The standard InChI is InChI=1S/C32H31FN2O2/c1-17-14-26(25-9-7-8-23-18(2)16-34-30(23)25)24(28-19(3)31(37)32(5,6)35-29(17)28)12-10-22-15-21(20(4)36)11-13-27(22)33/h7-9,11,13-16,19,31,34-35,37H,1-6H3. The molecule has 188 valence electrons. The number of carbonyl (C=O) groups excluding carboxylic acids is 1. The molecule has 0 spiro atoms. The van der Waals surface area contributed by atoms with Crippen LogP contribution < -0.4 is 5.32 Å². The maximum atomic E-state index is 14.7. The summed E-state index contributed by atoms with van der Waals surface area (Å²) in [7, 11) is 0. The number of hydrogen-bond acceptors (Lipinski definition) is 3. The lowest BCUT2D eigenvalue weighted by Crippen LogP contribution is -2.50. The van der Waals surface area contributed by atoms with Gasteiger partial charge in [0.1, 0.15) is 5.82 Å². The average Bonchev–Trinajstić information content (AvgIpc) is 3.24. The number of hydrogen-bond donors (Lipinski definition) is 3. The van der Waals surface area contributed by atoms with Gasteiger partial charge in [0.2, 0.25) is 0 Å². The van der Waals surface area contributed by atoms with Crippen LogP contribution in [0.5, 0.6) is 0 Å². The Morgan fingerprint density at radius 1 is 1.05 bits per heavy atom. The van der Waals surface area contributed by atoms with Crippen molar-refractivity contribution < 1.29 is 14.3 Å². The summed E-state index contributed by atoms with van der Waals surface area (Å²) in [5, 5.41) is 15.9. The fraction of sp³-hybridized carbons (Fsp3) is 0.281. The zero-order valence-corrected chi connectivity index (χ0v) is 22.0. The van der Waals surface area contributed by atoms with E-state index in [0.717, 1.165) is 50.0 Å². The second-order valence-electron chi connectivity index (χ2n) is 10.7. The first-order valence-electron chi connectivity index (χ1n) is 12.5. The van der Waals surface area contributed by atoms with Crippen LogP contribution in [-0.4, -0.2) is 27.5 Å². The Bertz CT molecular complexity index is 1630. The van der Waals surface area contributed by atoms with Crippen molar-refractivity contribution in [1.82, 2.24) is 4.98 Å². The molecule has 0 amide bonds. The molecule has 0 saturated heterocycles. The zero-order chi connectivity index (χ0) is 26.6. The summed E-state index contributed by atoms with van der Waals surface area (Å²) in [5.74, 6) is 5.45. The molecule has 4 nitrogen and oxygen atoms in total. The SMILES string of the molecule is CC(=O)c1ccc(F)c(C#Cc2c(-c3cccc4c(C)c[nH]c34)cc(C)c3c2C(C)C(O)C(C)(C)N3)c1. The number of carbonyl (C=O) groups is 1. The van der Waals surface area contributed by atoms with Gasteiger partial charge in [0.05, 0.1) is 22.7 Å². The number of anilines is 1. The van der Waals surface area contributed by atoms with Gasteiger partial charge in [0, 0.05) is 45.4 Å². The molecule has 5 heteroatoms. The minimum Gasteiger partial charge on any atom is -0.390 e. The Kier molecular flexibility index (Phi) is 5.96. The number of ketones is 1. The number of halogens is 1. The second kappa shape index (κ2) is 8.90. The monoisotopic (exact) mass is 494 g/mol. The molecule has 0 bridgehead atoms. The Hall–Kier alpha value is -3.88. The first-order valence-corrected chi connectivity index (χ1v) is 12.5. The Morgan fingerprint density at radius 3 is 2.54 bits per heavy atom. The van der Waals surface area contributed by atoms with Gasteiger partial charge >= 0.3 is 0 Å². The van der Waals surface area contributed by atoms with Gasteiger partial charge < -0.3 is 15.4 Å². The molecule has 1 aromatic heterocycles. The van der Waals surface area contributed by atoms with Gasteiger partial charge in [-0.25, -0.2) is 4.39 Å². The van der Waals surface area contributed by atoms with Crippen molar-refractivity contribution in [2.45, 2.75) is 59.1 Å². The minimum atomic E-state index is -0.656. The lowest BCUT2D eigenvalue weighted by Gasteiger charge is -2.43. The summed E-state index contributed by atoms with van der Waals surface area (Å²) in [6.45, 7) is 11.6. The molecule has 2 atom stereocenters. The number of nitrogens with one attached hydrogen (secondary N) is 2. The normalized spacial score (nSPS) is 18.1. The van der Waals surface area contributed by atoms with Crippen LogP contribution in [0.25, 0.3) is 22.0 Å². The molecule has 2 unspecified atom stereocenters. The summed E-state index contributed by atoms with van der Waals surface area (Å²) >= 11 is 0. The molecule has 4 aromatic rings. The Labute approximate surface area is 216 Å². The number of Topliss-reactive ketones (excluding diaryl/α,β-unsaturated/α-hetero) is 1. The van der Waals surface area contributed by atoms with Crippen molar-refractivity contribution >= 4 is 22.4 Å². The molecule has 0 radical (unpaired) electrons. The smallest absolute Gasteiger partial charge is 0.159 e. The van der Waals surface area contributed by atoms with Crippen LogP contribution in [0.4, 0.5) is 10.1 Å². The van der Waals surface area contributed by atoms with Crippen LogP contribution in [0.15, 0.2) is 48.7 Å². The molecule has 2 heterocycles. The van der Waals surface area contributed by atoms with E-state index in [9.17, 15) is 14.3 Å². The largest absolute Gasteiger partial charge is 0.390 e. The molecular weight excluding hydrogens is 463 g/mol. The van der Waals surface area contributed by atoms with E-state index in [1.807, 2.05) is 33.0 Å². The molecular formula is C32H31FN2O2. The average molecular weight is 495 g/mol. The highest BCUT2D eigenvalue weighted by molar-refractivity contribution is 5.98. The number of fused-ring (bicyclic) bond motifs is 2. The lowest BCUT2D eigenvalue weighted by molar-refractivity contribution is 0.0868. The zero-order valence-electron chi connectivity index (χ0n) is 22.0. The van der Waals surface area contributed by atoms with E-state index in [4.69, 9.17) is 0 Å². The van der Waals surface area contributed by atoms with Gasteiger partial charge in [-0.2, -0.15) is 0 Å². The molecule has 1 aliphatic rings. The Morgan fingerprint density at radius 2 is 1.81 bits per heavy atom. The highest BCUT2D eigenvalue weighted by atomic mass is 19.1. The Balaban J connectivity index is 1.83. The third-order valence-corrected chi connectivity index (χ3v) is 7.59. The highest BCUT2D eigenvalue weighted by Crippen LogP contribution is 2.46. The molecule has 3 N–H and O–H groups in total. The van der Waals surface area contributed by atoms with E-state index >= 15 is 0 Å². The predicted molar refractivity (Wildman–Crippen MR) is 148 cm³/mol. The van der Waals surface area contributed by atoms with E-state index in [1.54, 1.807) is 0 Å². The molecule has 37 heavy (non-hydrogen) atoms. The maximum Gasteiger partial charge on any atom is 0.159 e. The third-order valence-electron chi connectivity index (χ3n) is 7.59. The van der Waals surface area contributed by atoms with E-state index in [0.29, 0.717) is 5.56 Å². The summed E-state index contributed by atoms with van der Waals surface area (Å²) < 4.78 is 14.7. The number of aromatic nitrogens is 1. The number of rotatable bonds is 2. The van der Waals surface area contributed by atoms with Crippen molar-refractivity contribution in [2.24, 2.45) is 0 Å². The van der Waals surface area contributed by atoms with Crippen LogP contribution in [0.2, 0.25) is 0 Å². The van der Waals surface area contributed by atoms with Gasteiger partial charge in [-0.15, -0.1) is 0 Å². The van der Waals surface area contributed by atoms with Gasteiger partial charge in [0.25, 0.3) is 0 Å². The topological polar surface area (TPSA) is 65.1 Å².